The van der Waals surface area contributed by atoms with E-state index < -0.39 is 0 Å². The van der Waals surface area contributed by atoms with Gasteiger partial charge in [0.25, 0.3) is 0 Å². The number of nitrogens with zero attached hydrogens (tertiary/aromatic N) is 2. The summed E-state index contributed by atoms with van der Waals surface area (Å²) in [7, 11) is 0. The second kappa shape index (κ2) is 10.6. The molecule has 4 rings (SSSR count). The fraction of sp³-hybridized carbons (Fsp3) is 0.760. The molecular weight excluding hydrogens is 344 g/mol. The molecule has 3 nitrogen and oxygen atoms in total. The largest absolute Gasteiger partial charge is 0.494 e. The first-order valence-electron chi connectivity index (χ1n) is 12.1. The van der Waals surface area contributed by atoms with Crippen LogP contribution < -0.4 is 4.74 Å². The number of hydrogen-bond acceptors (Lipinski definition) is 3. The minimum absolute atomic E-state index is 0.850. The Bertz CT molecular complexity index is 590. The number of ether oxygens (including phenoxy) is 1. The molecule has 0 amide bonds. The maximum absolute atomic E-state index is 6.11. The molecule has 0 spiro atoms. The zero-order valence-corrected chi connectivity index (χ0v) is 17.8. The Kier molecular flexibility index (Phi) is 7.69. The van der Waals surface area contributed by atoms with Crippen molar-refractivity contribution < 1.29 is 4.74 Å². The van der Waals surface area contributed by atoms with Crippen molar-refractivity contribution >= 4 is 0 Å². The van der Waals surface area contributed by atoms with Gasteiger partial charge in [0, 0.05) is 26.2 Å². The van der Waals surface area contributed by atoms with Gasteiger partial charge in [-0.1, -0.05) is 31.7 Å². The van der Waals surface area contributed by atoms with Crippen LogP contribution in [0.2, 0.25) is 0 Å². The molecule has 1 aromatic carbocycles. The van der Waals surface area contributed by atoms with Gasteiger partial charge in [-0.3, -0.25) is 0 Å². The van der Waals surface area contributed by atoms with Gasteiger partial charge >= 0.3 is 0 Å². The summed E-state index contributed by atoms with van der Waals surface area (Å²) < 4.78 is 6.11. The standard InChI is InChI=1S/C25H40N2O/c1-3-8-22(9-4-1)21-27-17-12-23-10-11-25(20-24(23)13-18-27)28-19-7-16-26-14-5-2-6-15-26/h10-11,20,22H,1-9,12-19,21H2. The van der Waals surface area contributed by atoms with E-state index >= 15 is 0 Å². The molecule has 0 aromatic heterocycles. The number of benzene rings is 1. The normalized spacial score (nSPS) is 22.6. The molecule has 2 aliphatic heterocycles. The Hall–Kier alpha value is -1.06. The zero-order valence-electron chi connectivity index (χ0n) is 17.8. The molecule has 3 aliphatic rings. The molecule has 156 valence electrons. The number of hydrogen-bond donors (Lipinski definition) is 0. The van der Waals surface area contributed by atoms with Crippen LogP contribution >= 0.6 is 0 Å². The van der Waals surface area contributed by atoms with Crippen molar-refractivity contribution in [3.63, 3.8) is 0 Å². The first-order chi connectivity index (χ1) is 13.9. The fourth-order valence-electron chi connectivity index (χ4n) is 5.42. The summed E-state index contributed by atoms with van der Waals surface area (Å²) in [6.45, 7) is 8.41. The Balaban J connectivity index is 1.21. The van der Waals surface area contributed by atoms with Crippen molar-refractivity contribution in [2.24, 2.45) is 5.92 Å². The van der Waals surface area contributed by atoms with E-state index in [-0.39, 0.29) is 0 Å². The molecule has 0 atom stereocenters. The van der Waals surface area contributed by atoms with Crippen molar-refractivity contribution in [2.75, 3.05) is 45.9 Å². The van der Waals surface area contributed by atoms with Crippen LogP contribution in [0, 0.1) is 5.92 Å². The Morgan fingerprint density at radius 1 is 0.786 bits per heavy atom. The second-order valence-corrected chi connectivity index (χ2v) is 9.34. The van der Waals surface area contributed by atoms with E-state index in [1.54, 1.807) is 5.56 Å². The van der Waals surface area contributed by atoms with Gasteiger partial charge in [0.1, 0.15) is 5.75 Å². The van der Waals surface area contributed by atoms with Crippen LogP contribution in [0.25, 0.3) is 0 Å². The van der Waals surface area contributed by atoms with Gasteiger partial charge in [0.15, 0.2) is 0 Å². The van der Waals surface area contributed by atoms with Crippen molar-refractivity contribution in [2.45, 2.75) is 70.6 Å². The Morgan fingerprint density at radius 2 is 1.54 bits per heavy atom. The minimum Gasteiger partial charge on any atom is -0.494 e. The van der Waals surface area contributed by atoms with Gasteiger partial charge in [-0.15, -0.1) is 0 Å². The average Bonchev–Trinajstić information content (AvgIpc) is 2.95. The molecule has 2 heterocycles. The highest BCUT2D eigenvalue weighted by Gasteiger charge is 2.20. The van der Waals surface area contributed by atoms with E-state index in [1.807, 2.05) is 0 Å². The van der Waals surface area contributed by atoms with E-state index in [4.69, 9.17) is 4.74 Å². The van der Waals surface area contributed by atoms with Crippen molar-refractivity contribution in [3.05, 3.63) is 29.3 Å². The number of likely N-dealkylation sites (tertiary alicyclic amines) is 1. The lowest BCUT2D eigenvalue weighted by Crippen LogP contribution is -2.32. The zero-order chi connectivity index (χ0) is 19.0. The van der Waals surface area contributed by atoms with Crippen molar-refractivity contribution in [1.82, 2.24) is 9.80 Å². The summed E-state index contributed by atoms with van der Waals surface area (Å²) in [6.07, 6.45) is 15.0. The van der Waals surface area contributed by atoms with E-state index in [0.29, 0.717) is 0 Å². The molecule has 0 unspecified atom stereocenters. The maximum Gasteiger partial charge on any atom is 0.119 e. The average molecular weight is 385 g/mol. The summed E-state index contributed by atoms with van der Waals surface area (Å²) in [5.74, 6) is 2.03. The number of piperidine rings is 1. The molecule has 1 saturated carbocycles. The third kappa shape index (κ3) is 5.97. The summed E-state index contributed by atoms with van der Waals surface area (Å²) in [4.78, 5) is 5.33. The maximum atomic E-state index is 6.11. The third-order valence-corrected chi connectivity index (χ3v) is 7.15. The molecule has 1 aliphatic carbocycles. The fourth-order valence-corrected chi connectivity index (χ4v) is 5.42. The number of fused-ring (bicyclic) bond motifs is 1. The topological polar surface area (TPSA) is 15.7 Å². The predicted octanol–water partition coefficient (Wildman–Crippen LogP) is 4.92. The molecule has 1 saturated heterocycles. The highest BCUT2D eigenvalue weighted by atomic mass is 16.5. The lowest BCUT2D eigenvalue weighted by atomic mass is 9.89. The van der Waals surface area contributed by atoms with Crippen molar-refractivity contribution in [3.8, 4) is 5.75 Å². The van der Waals surface area contributed by atoms with Crippen LogP contribution in [0.15, 0.2) is 18.2 Å². The van der Waals surface area contributed by atoms with E-state index in [1.165, 1.54) is 109 Å². The molecule has 0 N–H and O–H groups in total. The van der Waals surface area contributed by atoms with E-state index in [0.717, 1.165) is 24.7 Å². The van der Waals surface area contributed by atoms with Gasteiger partial charge < -0.3 is 14.5 Å². The third-order valence-electron chi connectivity index (χ3n) is 7.15. The molecule has 1 aromatic rings. The molecule has 2 fully saturated rings. The summed E-state index contributed by atoms with van der Waals surface area (Å²) >= 11 is 0. The van der Waals surface area contributed by atoms with Gasteiger partial charge in [0.05, 0.1) is 6.61 Å². The molecule has 0 bridgehead atoms. The lowest BCUT2D eigenvalue weighted by molar-refractivity contribution is 0.205. The summed E-state index contributed by atoms with van der Waals surface area (Å²) in [6, 6.07) is 6.87. The Labute approximate surface area is 172 Å². The van der Waals surface area contributed by atoms with Crippen LogP contribution in [0.1, 0.15) is 68.9 Å². The lowest BCUT2D eigenvalue weighted by Gasteiger charge is -2.28. The van der Waals surface area contributed by atoms with Crippen LogP contribution in [0.5, 0.6) is 5.75 Å². The summed E-state index contributed by atoms with van der Waals surface area (Å²) in [5.41, 5.74) is 3.08. The van der Waals surface area contributed by atoms with Crippen LogP contribution in [-0.2, 0) is 12.8 Å². The monoisotopic (exact) mass is 384 g/mol. The Morgan fingerprint density at radius 3 is 2.36 bits per heavy atom. The van der Waals surface area contributed by atoms with Gasteiger partial charge in [-0.05, 0) is 87.2 Å². The minimum atomic E-state index is 0.850. The predicted molar refractivity (Wildman–Crippen MR) is 117 cm³/mol. The molecule has 0 radical (unpaired) electrons. The van der Waals surface area contributed by atoms with Crippen LogP contribution in [0.3, 0.4) is 0 Å². The molecular formula is C25H40N2O. The van der Waals surface area contributed by atoms with Gasteiger partial charge in [0.2, 0.25) is 0 Å². The van der Waals surface area contributed by atoms with Crippen LogP contribution in [0.4, 0.5) is 0 Å². The van der Waals surface area contributed by atoms with E-state index in [9.17, 15) is 0 Å². The van der Waals surface area contributed by atoms with Gasteiger partial charge in [-0.25, -0.2) is 0 Å². The van der Waals surface area contributed by atoms with Gasteiger partial charge in [-0.2, -0.15) is 0 Å². The highest BCUT2D eigenvalue weighted by molar-refractivity contribution is 5.36. The first-order valence-corrected chi connectivity index (χ1v) is 12.1. The first kappa shape index (κ1) is 20.2. The van der Waals surface area contributed by atoms with Crippen molar-refractivity contribution in [1.29, 1.82) is 0 Å². The highest BCUT2D eigenvalue weighted by Crippen LogP contribution is 2.26. The quantitative estimate of drug-likeness (QED) is 0.621. The molecule has 28 heavy (non-hydrogen) atoms. The molecule has 3 heteroatoms. The smallest absolute Gasteiger partial charge is 0.119 e. The van der Waals surface area contributed by atoms with Crippen LogP contribution in [-0.4, -0.2) is 55.7 Å². The number of rotatable bonds is 7. The SMILES string of the molecule is c1cc2c(cc1OCCCN1CCCCC1)CCN(CC1CCCCC1)CC2. The van der Waals surface area contributed by atoms with E-state index in [2.05, 4.69) is 28.0 Å². The second-order valence-electron chi connectivity index (χ2n) is 9.34. The summed E-state index contributed by atoms with van der Waals surface area (Å²) in [5, 5.41) is 0.